The average molecular weight is 884 g/mol. The van der Waals surface area contributed by atoms with Crippen molar-refractivity contribution in [3.8, 4) is 73.1 Å². The summed E-state index contributed by atoms with van der Waals surface area (Å²) in [6.07, 6.45) is 0. The minimum atomic E-state index is -1.77. The highest BCUT2D eigenvalue weighted by Crippen LogP contribution is 2.51. The highest BCUT2D eigenvalue weighted by molar-refractivity contribution is 7.27. The molecule has 6 heterocycles. The van der Waals surface area contributed by atoms with E-state index < -0.39 is 16.1 Å². The SMILES string of the molecule is Cc1cc(-c2ccc(-c3ccc(C#C[Si](C(C)C)(C(C)C)C(C)C)s3)s2)c(-c2sc(C)cc2-c2ccc(-c3ccc(C#C[Si](C(C)C)(C(C)C)C(C)C)s3)s2)s1. The second-order valence-corrected chi connectivity index (χ2v) is 35.2. The van der Waals surface area contributed by atoms with E-state index in [9.17, 15) is 0 Å². The molecule has 0 unspecified atom stereocenters. The maximum Gasteiger partial charge on any atom is 0.146 e. The van der Waals surface area contributed by atoms with E-state index in [0.29, 0.717) is 33.2 Å². The van der Waals surface area contributed by atoms with Crippen molar-refractivity contribution in [2.24, 2.45) is 0 Å². The molecular formula is C48H58S6Si2. The molecular weight excluding hydrogens is 825 g/mol. The Hall–Kier alpha value is -2.25. The van der Waals surface area contributed by atoms with Crippen LogP contribution in [0.4, 0.5) is 0 Å². The molecule has 0 saturated heterocycles. The zero-order valence-electron chi connectivity index (χ0n) is 35.7. The van der Waals surface area contributed by atoms with Gasteiger partial charge in [0.15, 0.2) is 0 Å². The first-order valence-electron chi connectivity index (χ1n) is 20.2. The topological polar surface area (TPSA) is 0 Å². The van der Waals surface area contributed by atoms with Crippen LogP contribution >= 0.6 is 68.0 Å². The van der Waals surface area contributed by atoms with Gasteiger partial charge in [0.05, 0.1) is 19.5 Å². The Balaban J connectivity index is 1.28. The number of thiophene rings is 6. The summed E-state index contributed by atoms with van der Waals surface area (Å²) in [7, 11) is -3.54. The number of hydrogen-bond donors (Lipinski definition) is 0. The van der Waals surface area contributed by atoms with E-state index in [1.807, 2.05) is 68.0 Å². The van der Waals surface area contributed by atoms with Crippen molar-refractivity contribution in [2.75, 3.05) is 0 Å². The van der Waals surface area contributed by atoms with Gasteiger partial charge in [0.25, 0.3) is 0 Å². The molecule has 0 aliphatic carbocycles. The zero-order chi connectivity index (χ0) is 40.7. The molecule has 0 N–H and O–H groups in total. The van der Waals surface area contributed by atoms with Crippen molar-refractivity contribution in [3.05, 3.63) is 80.2 Å². The molecule has 0 spiro atoms. The first kappa shape index (κ1) is 43.3. The van der Waals surface area contributed by atoms with E-state index >= 15 is 0 Å². The van der Waals surface area contributed by atoms with Crippen LogP contribution in [0.5, 0.6) is 0 Å². The quantitative estimate of drug-likeness (QED) is 0.0898. The molecule has 0 aliphatic rings. The fourth-order valence-corrected chi connectivity index (χ4v) is 26.2. The molecule has 0 radical (unpaired) electrons. The first-order chi connectivity index (χ1) is 26.5. The van der Waals surface area contributed by atoms with Crippen LogP contribution in [-0.4, -0.2) is 16.1 Å². The predicted molar refractivity (Wildman–Crippen MR) is 266 cm³/mol. The minimum Gasteiger partial charge on any atom is -0.139 e. The third kappa shape index (κ3) is 8.43. The number of hydrogen-bond acceptors (Lipinski definition) is 6. The van der Waals surface area contributed by atoms with Gasteiger partial charge >= 0.3 is 0 Å². The van der Waals surface area contributed by atoms with Gasteiger partial charge in [-0.3, -0.25) is 0 Å². The summed E-state index contributed by atoms with van der Waals surface area (Å²) in [5, 5.41) is 0. The highest BCUT2D eigenvalue weighted by Gasteiger charge is 2.42. The summed E-state index contributed by atoms with van der Waals surface area (Å²) in [4.78, 5) is 15.8. The molecule has 0 nitrogen and oxygen atoms in total. The average Bonchev–Trinajstić information content (AvgIpc) is 3.96. The summed E-state index contributed by atoms with van der Waals surface area (Å²) in [5.41, 5.74) is 14.4. The molecule has 8 heteroatoms. The first-order valence-corrected chi connectivity index (χ1v) is 29.5. The molecule has 6 aromatic heterocycles. The Kier molecular flexibility index (Phi) is 13.6. The summed E-state index contributed by atoms with van der Waals surface area (Å²) >= 11 is 11.4. The second kappa shape index (κ2) is 17.5. The fraction of sp³-hybridized carbons (Fsp3) is 0.417. The summed E-state index contributed by atoms with van der Waals surface area (Å²) in [6, 6.07) is 23.1. The second-order valence-electron chi connectivity index (χ2n) is 17.1. The molecule has 0 amide bonds. The minimum absolute atomic E-state index is 0.637. The van der Waals surface area contributed by atoms with E-state index in [2.05, 4.69) is 181 Å². The molecule has 0 atom stereocenters. The lowest BCUT2D eigenvalue weighted by Gasteiger charge is -2.38. The molecule has 6 rings (SSSR count). The standard InChI is InChI=1S/C48H58S6Si2/c1-29(2)55(30(3)4,31(5)6)25-23-37-15-17-43(51-37)45-21-19-41(53-45)39-27-35(13)49-47(39)48-40(28-36(14)50-48)42-20-22-46(54-42)44-18-16-38(52-44)24-26-56(32(7)8,33(9)10)34(11)12/h15-22,27-34H,1-14H3. The van der Waals surface area contributed by atoms with E-state index in [4.69, 9.17) is 0 Å². The molecule has 0 aromatic carbocycles. The van der Waals surface area contributed by atoms with E-state index in [1.165, 1.54) is 69.7 Å². The maximum absolute atomic E-state index is 3.93. The van der Waals surface area contributed by atoms with Gasteiger partial charge in [0, 0.05) is 50.1 Å². The fourth-order valence-electron chi connectivity index (χ4n) is 9.24. The smallest absolute Gasteiger partial charge is 0.139 e. The van der Waals surface area contributed by atoms with Gasteiger partial charge in [0.2, 0.25) is 0 Å². The third-order valence-corrected chi connectivity index (χ3v) is 31.4. The van der Waals surface area contributed by atoms with Crippen LogP contribution in [0, 0.1) is 36.8 Å². The maximum atomic E-state index is 3.93. The molecule has 294 valence electrons. The van der Waals surface area contributed by atoms with E-state index in [0.717, 1.165) is 0 Å². The van der Waals surface area contributed by atoms with Crippen LogP contribution in [0.25, 0.3) is 50.1 Å². The van der Waals surface area contributed by atoms with Crippen molar-refractivity contribution >= 4 is 84.2 Å². The molecule has 0 saturated carbocycles. The summed E-state index contributed by atoms with van der Waals surface area (Å²) in [6.45, 7) is 33.2. The number of rotatable bonds is 11. The summed E-state index contributed by atoms with van der Waals surface area (Å²) < 4.78 is 0. The Bertz CT molecular complexity index is 2190. The van der Waals surface area contributed by atoms with Crippen LogP contribution in [0.15, 0.2) is 60.7 Å². The lowest BCUT2D eigenvalue weighted by atomic mass is 10.1. The lowest BCUT2D eigenvalue weighted by Crippen LogP contribution is -2.43. The van der Waals surface area contributed by atoms with Crippen molar-refractivity contribution in [1.29, 1.82) is 0 Å². The van der Waals surface area contributed by atoms with Gasteiger partial charge < -0.3 is 0 Å². The van der Waals surface area contributed by atoms with Crippen LogP contribution in [0.1, 0.15) is 103 Å². The molecule has 0 aliphatic heterocycles. The summed E-state index contributed by atoms with van der Waals surface area (Å²) in [5.74, 6) is 7.37. The van der Waals surface area contributed by atoms with Crippen LogP contribution < -0.4 is 0 Å². The Morgan fingerprint density at radius 1 is 0.375 bits per heavy atom. The van der Waals surface area contributed by atoms with Gasteiger partial charge in [-0.2, -0.15) is 0 Å². The Morgan fingerprint density at radius 3 is 0.982 bits per heavy atom. The normalized spacial score (nSPS) is 12.4. The van der Waals surface area contributed by atoms with Gasteiger partial charge in [0.1, 0.15) is 16.1 Å². The molecule has 56 heavy (non-hydrogen) atoms. The van der Waals surface area contributed by atoms with Gasteiger partial charge in [-0.1, -0.05) is 94.9 Å². The van der Waals surface area contributed by atoms with Crippen LogP contribution in [-0.2, 0) is 0 Å². The monoisotopic (exact) mass is 882 g/mol. The highest BCUT2D eigenvalue weighted by atomic mass is 32.1. The molecule has 0 bridgehead atoms. The molecule has 0 fully saturated rings. The largest absolute Gasteiger partial charge is 0.146 e. The Morgan fingerprint density at radius 2 is 0.661 bits per heavy atom. The third-order valence-electron chi connectivity index (χ3n) is 11.9. The van der Waals surface area contributed by atoms with Gasteiger partial charge in [-0.15, -0.1) is 79.1 Å². The van der Waals surface area contributed by atoms with Crippen LogP contribution in [0.2, 0.25) is 33.2 Å². The van der Waals surface area contributed by atoms with Crippen molar-refractivity contribution < 1.29 is 0 Å². The van der Waals surface area contributed by atoms with Crippen molar-refractivity contribution in [2.45, 2.75) is 130 Å². The Labute approximate surface area is 364 Å². The van der Waals surface area contributed by atoms with E-state index in [-0.39, 0.29) is 0 Å². The lowest BCUT2D eigenvalue weighted by molar-refractivity contribution is 0.838. The van der Waals surface area contributed by atoms with E-state index in [1.54, 1.807) is 0 Å². The van der Waals surface area contributed by atoms with Crippen LogP contribution in [0.3, 0.4) is 0 Å². The zero-order valence-corrected chi connectivity index (χ0v) is 42.6. The van der Waals surface area contributed by atoms with Crippen molar-refractivity contribution in [3.63, 3.8) is 0 Å². The molecule has 6 aromatic rings. The predicted octanol–water partition coefficient (Wildman–Crippen LogP) is 18.1. The van der Waals surface area contributed by atoms with Crippen molar-refractivity contribution in [1.82, 2.24) is 0 Å². The number of aryl methyl sites for hydroxylation is 2. The van der Waals surface area contributed by atoms with Gasteiger partial charge in [-0.25, -0.2) is 0 Å². The van der Waals surface area contributed by atoms with Gasteiger partial charge in [-0.05, 0) is 108 Å².